The Kier molecular flexibility index (Phi) is 4.65. The molecule has 0 saturated heterocycles. The number of para-hydroxylation sites is 1. The van der Waals surface area contributed by atoms with Crippen LogP contribution in [0.25, 0.3) is 16.9 Å². The first kappa shape index (κ1) is 17.8. The Morgan fingerprint density at radius 3 is 2.76 bits per heavy atom. The minimum atomic E-state index is -0.140. The smallest absolute Gasteiger partial charge is 0.272 e. The van der Waals surface area contributed by atoms with Crippen LogP contribution in [0.3, 0.4) is 0 Å². The number of nitrogens with zero attached hydrogens (tertiary/aromatic N) is 4. The fraction of sp³-hybridized carbons (Fsp3) is 0.182. The Balaban J connectivity index is 1.34. The van der Waals surface area contributed by atoms with Crippen LogP contribution in [-0.2, 0) is 19.4 Å². The summed E-state index contributed by atoms with van der Waals surface area (Å²) in [7, 11) is 0. The third kappa shape index (κ3) is 3.45. The number of fused-ring (bicyclic) bond motifs is 1. The number of rotatable bonds is 5. The molecule has 0 fully saturated rings. The fourth-order valence-corrected chi connectivity index (χ4v) is 4.43. The van der Waals surface area contributed by atoms with Crippen molar-refractivity contribution in [1.29, 1.82) is 0 Å². The second kappa shape index (κ2) is 7.60. The molecule has 3 heterocycles. The number of aromatic nitrogens is 4. The van der Waals surface area contributed by atoms with Crippen molar-refractivity contribution in [1.82, 2.24) is 25.1 Å². The summed E-state index contributed by atoms with van der Waals surface area (Å²) in [5.74, 6) is -0.140. The van der Waals surface area contributed by atoms with Gasteiger partial charge < -0.3 is 5.32 Å². The predicted molar refractivity (Wildman–Crippen MR) is 112 cm³/mol. The average Bonchev–Trinajstić information content (AvgIpc) is 3.50. The highest BCUT2D eigenvalue weighted by atomic mass is 32.1. The van der Waals surface area contributed by atoms with Crippen molar-refractivity contribution < 1.29 is 4.79 Å². The maximum atomic E-state index is 12.9. The van der Waals surface area contributed by atoms with Crippen molar-refractivity contribution >= 4 is 17.2 Å². The molecular formula is C22H19N5OS. The molecule has 1 N–H and O–H groups in total. The zero-order chi connectivity index (χ0) is 19.6. The predicted octanol–water partition coefficient (Wildman–Crippen LogP) is 3.81. The topological polar surface area (TPSA) is 72.7 Å². The Hall–Kier alpha value is -3.32. The molecule has 1 amide bonds. The number of hydrogen-bond donors (Lipinski definition) is 1. The highest BCUT2D eigenvalue weighted by Gasteiger charge is 2.26. The van der Waals surface area contributed by atoms with E-state index in [1.807, 2.05) is 52.5 Å². The number of pyridine rings is 1. The van der Waals surface area contributed by atoms with Gasteiger partial charge in [0.2, 0.25) is 0 Å². The van der Waals surface area contributed by atoms with E-state index in [2.05, 4.69) is 20.4 Å². The van der Waals surface area contributed by atoms with Crippen LogP contribution < -0.4 is 5.32 Å². The molecule has 5 rings (SSSR count). The molecule has 0 aliphatic heterocycles. The third-order valence-corrected chi connectivity index (χ3v) is 5.92. The molecule has 0 spiro atoms. The van der Waals surface area contributed by atoms with E-state index in [4.69, 9.17) is 0 Å². The van der Waals surface area contributed by atoms with Gasteiger partial charge in [-0.1, -0.05) is 18.2 Å². The zero-order valence-electron chi connectivity index (χ0n) is 15.7. The lowest BCUT2D eigenvalue weighted by molar-refractivity contribution is 0.0944. The molecular weight excluding hydrogens is 382 g/mol. The van der Waals surface area contributed by atoms with Gasteiger partial charge in [-0.25, -0.2) is 9.67 Å². The minimum absolute atomic E-state index is 0.140. The van der Waals surface area contributed by atoms with Gasteiger partial charge in [0.25, 0.3) is 5.91 Å². The van der Waals surface area contributed by atoms with Crippen LogP contribution in [0.2, 0.25) is 0 Å². The first-order chi connectivity index (χ1) is 14.3. The first-order valence-electron chi connectivity index (χ1n) is 9.59. The molecule has 144 valence electrons. The van der Waals surface area contributed by atoms with E-state index in [1.54, 1.807) is 12.4 Å². The average molecular weight is 401 g/mol. The molecule has 29 heavy (non-hydrogen) atoms. The molecule has 1 aliphatic rings. The normalized spacial score (nSPS) is 12.7. The lowest BCUT2D eigenvalue weighted by Crippen LogP contribution is -2.24. The third-order valence-electron chi connectivity index (χ3n) is 5.07. The van der Waals surface area contributed by atoms with Crippen molar-refractivity contribution in [2.75, 3.05) is 0 Å². The van der Waals surface area contributed by atoms with Gasteiger partial charge in [-0.2, -0.15) is 5.10 Å². The summed E-state index contributed by atoms with van der Waals surface area (Å²) in [6.45, 7) is 0.390. The Bertz CT molecular complexity index is 1150. The van der Waals surface area contributed by atoms with Gasteiger partial charge in [0, 0.05) is 34.6 Å². The SMILES string of the molecule is O=C(NCc1nc(-c2ccncc2)cs1)c1nn(-c2ccccc2)c2c1CCC2. The number of benzene rings is 1. The van der Waals surface area contributed by atoms with Gasteiger partial charge in [-0.15, -0.1) is 11.3 Å². The molecule has 7 heteroatoms. The van der Waals surface area contributed by atoms with Gasteiger partial charge in [-0.05, 0) is 43.5 Å². The van der Waals surface area contributed by atoms with Crippen molar-refractivity contribution in [3.63, 3.8) is 0 Å². The van der Waals surface area contributed by atoms with Crippen molar-refractivity contribution in [3.8, 4) is 16.9 Å². The van der Waals surface area contributed by atoms with Crippen LogP contribution in [-0.4, -0.2) is 25.7 Å². The number of hydrogen-bond acceptors (Lipinski definition) is 5. The Morgan fingerprint density at radius 2 is 1.93 bits per heavy atom. The van der Waals surface area contributed by atoms with E-state index in [9.17, 15) is 4.79 Å². The van der Waals surface area contributed by atoms with Crippen molar-refractivity contribution in [2.24, 2.45) is 0 Å². The van der Waals surface area contributed by atoms with Gasteiger partial charge in [0.15, 0.2) is 5.69 Å². The van der Waals surface area contributed by atoms with Crippen molar-refractivity contribution in [3.05, 3.63) is 82.2 Å². The van der Waals surface area contributed by atoms with Gasteiger partial charge >= 0.3 is 0 Å². The molecule has 0 atom stereocenters. The fourth-order valence-electron chi connectivity index (χ4n) is 3.69. The van der Waals surface area contributed by atoms with Crippen LogP contribution in [0.4, 0.5) is 0 Å². The summed E-state index contributed by atoms with van der Waals surface area (Å²) in [5.41, 5.74) is 5.67. The quantitative estimate of drug-likeness (QED) is 0.552. The summed E-state index contributed by atoms with van der Waals surface area (Å²) in [5, 5.41) is 10.5. The number of thiazole rings is 1. The van der Waals surface area contributed by atoms with Gasteiger partial charge in [0.05, 0.1) is 17.9 Å². The van der Waals surface area contributed by atoms with E-state index in [1.165, 1.54) is 11.3 Å². The minimum Gasteiger partial charge on any atom is -0.344 e. The molecule has 0 saturated carbocycles. The zero-order valence-corrected chi connectivity index (χ0v) is 16.5. The summed E-state index contributed by atoms with van der Waals surface area (Å²) in [4.78, 5) is 21.5. The molecule has 6 nitrogen and oxygen atoms in total. The van der Waals surface area contributed by atoms with Crippen LogP contribution in [0.1, 0.15) is 33.2 Å². The van der Waals surface area contributed by atoms with Crippen LogP contribution in [0.5, 0.6) is 0 Å². The second-order valence-electron chi connectivity index (χ2n) is 6.92. The Morgan fingerprint density at radius 1 is 1.10 bits per heavy atom. The standard InChI is InChI=1S/C22H19N5OS/c28-22(24-13-20-25-18(14-29-20)15-9-11-23-12-10-15)21-17-7-4-8-19(17)27(26-21)16-5-2-1-3-6-16/h1-3,5-6,9-12,14H,4,7-8,13H2,(H,24,28). The molecule has 4 aromatic rings. The lowest BCUT2D eigenvalue weighted by atomic mass is 10.2. The highest BCUT2D eigenvalue weighted by Crippen LogP contribution is 2.28. The molecule has 1 aliphatic carbocycles. The maximum Gasteiger partial charge on any atom is 0.272 e. The van der Waals surface area contributed by atoms with E-state index < -0.39 is 0 Å². The monoisotopic (exact) mass is 401 g/mol. The van der Waals surface area contributed by atoms with Gasteiger partial charge in [0.1, 0.15) is 5.01 Å². The maximum absolute atomic E-state index is 12.9. The summed E-state index contributed by atoms with van der Waals surface area (Å²) >= 11 is 1.54. The molecule has 0 bridgehead atoms. The van der Waals surface area contributed by atoms with Gasteiger partial charge in [-0.3, -0.25) is 9.78 Å². The molecule has 3 aromatic heterocycles. The number of amides is 1. The van der Waals surface area contributed by atoms with E-state index in [-0.39, 0.29) is 5.91 Å². The first-order valence-corrected chi connectivity index (χ1v) is 10.5. The molecule has 0 unspecified atom stereocenters. The van der Waals surface area contributed by atoms with E-state index >= 15 is 0 Å². The Labute approximate surface area is 172 Å². The highest BCUT2D eigenvalue weighted by molar-refractivity contribution is 7.09. The van der Waals surface area contributed by atoms with Crippen LogP contribution >= 0.6 is 11.3 Å². The van der Waals surface area contributed by atoms with Crippen LogP contribution in [0.15, 0.2) is 60.2 Å². The lowest BCUT2D eigenvalue weighted by Gasteiger charge is -2.04. The largest absolute Gasteiger partial charge is 0.344 e. The van der Waals surface area contributed by atoms with Crippen molar-refractivity contribution in [2.45, 2.75) is 25.8 Å². The number of carbonyl (C=O) groups excluding carboxylic acids is 1. The second-order valence-corrected chi connectivity index (χ2v) is 7.86. The van der Waals surface area contributed by atoms with Crippen LogP contribution in [0, 0.1) is 0 Å². The summed E-state index contributed by atoms with van der Waals surface area (Å²) < 4.78 is 1.92. The number of nitrogens with one attached hydrogen (secondary N) is 1. The van der Waals surface area contributed by atoms with E-state index in [0.29, 0.717) is 12.2 Å². The molecule has 0 radical (unpaired) electrons. The summed E-state index contributed by atoms with van der Waals surface area (Å²) in [6, 6.07) is 13.8. The summed E-state index contributed by atoms with van der Waals surface area (Å²) in [6.07, 6.45) is 6.41. The number of carbonyl (C=O) groups is 1. The molecule has 1 aromatic carbocycles. The van der Waals surface area contributed by atoms with E-state index in [0.717, 1.165) is 52.5 Å².